The van der Waals surface area contributed by atoms with Gasteiger partial charge in [-0.05, 0) is 57.3 Å². The molecule has 4 nitrogen and oxygen atoms in total. The third-order valence-electron chi connectivity index (χ3n) is 4.48. The molecule has 1 aromatic heterocycles. The SMILES string of the molecule is CNCC1CCCN(C(=O)CCCc2nc3ccccc3s2)C1. The van der Waals surface area contributed by atoms with Crippen LogP contribution in [0.15, 0.2) is 24.3 Å². The summed E-state index contributed by atoms with van der Waals surface area (Å²) in [7, 11) is 1.98. The van der Waals surface area contributed by atoms with Crippen molar-refractivity contribution in [2.75, 3.05) is 26.7 Å². The van der Waals surface area contributed by atoms with Crippen molar-refractivity contribution in [2.45, 2.75) is 32.1 Å². The van der Waals surface area contributed by atoms with Crippen LogP contribution in [0.2, 0.25) is 0 Å². The molecule has 5 heteroatoms. The van der Waals surface area contributed by atoms with Crippen LogP contribution in [0, 0.1) is 5.92 Å². The first kappa shape index (κ1) is 16.4. The summed E-state index contributed by atoms with van der Waals surface area (Å²) in [4.78, 5) is 19.1. The van der Waals surface area contributed by atoms with E-state index in [4.69, 9.17) is 0 Å². The maximum Gasteiger partial charge on any atom is 0.222 e. The molecule has 0 radical (unpaired) electrons. The summed E-state index contributed by atoms with van der Waals surface area (Å²) in [6.07, 6.45) is 4.80. The van der Waals surface area contributed by atoms with Crippen molar-refractivity contribution in [3.05, 3.63) is 29.3 Å². The Morgan fingerprint density at radius 1 is 1.43 bits per heavy atom. The molecule has 2 heterocycles. The lowest BCUT2D eigenvalue weighted by Gasteiger charge is -2.32. The van der Waals surface area contributed by atoms with Gasteiger partial charge in [-0.1, -0.05) is 12.1 Å². The number of nitrogens with one attached hydrogen (secondary N) is 1. The molecular weight excluding hydrogens is 306 g/mol. The van der Waals surface area contributed by atoms with Gasteiger partial charge in [0, 0.05) is 19.5 Å². The fraction of sp³-hybridized carbons (Fsp3) is 0.556. The number of hydrogen-bond acceptors (Lipinski definition) is 4. The Morgan fingerprint density at radius 3 is 3.13 bits per heavy atom. The van der Waals surface area contributed by atoms with E-state index in [1.54, 1.807) is 11.3 Å². The number of carbonyl (C=O) groups is 1. The molecule has 0 saturated carbocycles. The Kier molecular flexibility index (Phi) is 5.62. The maximum absolute atomic E-state index is 12.4. The van der Waals surface area contributed by atoms with Gasteiger partial charge in [0.25, 0.3) is 0 Å². The number of thiazole rings is 1. The van der Waals surface area contributed by atoms with Crippen molar-refractivity contribution < 1.29 is 4.79 Å². The van der Waals surface area contributed by atoms with Crippen LogP contribution in [0.25, 0.3) is 10.2 Å². The summed E-state index contributed by atoms with van der Waals surface area (Å²) in [6, 6.07) is 8.23. The summed E-state index contributed by atoms with van der Waals surface area (Å²) < 4.78 is 1.24. The molecule has 2 aromatic rings. The van der Waals surface area contributed by atoms with E-state index in [9.17, 15) is 4.79 Å². The van der Waals surface area contributed by atoms with E-state index in [1.165, 1.54) is 11.1 Å². The van der Waals surface area contributed by atoms with E-state index < -0.39 is 0 Å². The number of hydrogen-bond donors (Lipinski definition) is 1. The predicted molar refractivity (Wildman–Crippen MR) is 95.8 cm³/mol. The van der Waals surface area contributed by atoms with E-state index in [0.717, 1.165) is 49.4 Å². The van der Waals surface area contributed by atoms with Gasteiger partial charge in [-0.2, -0.15) is 0 Å². The number of piperidine rings is 1. The van der Waals surface area contributed by atoms with Crippen molar-refractivity contribution in [1.29, 1.82) is 0 Å². The first-order chi connectivity index (χ1) is 11.3. The summed E-state index contributed by atoms with van der Waals surface area (Å²) in [5, 5.41) is 4.37. The average molecular weight is 331 g/mol. The number of para-hydroxylation sites is 1. The minimum atomic E-state index is 0.312. The van der Waals surface area contributed by atoms with E-state index in [-0.39, 0.29) is 0 Å². The molecular formula is C18H25N3OS. The van der Waals surface area contributed by atoms with E-state index in [0.29, 0.717) is 18.2 Å². The second kappa shape index (κ2) is 7.88. The van der Waals surface area contributed by atoms with Gasteiger partial charge < -0.3 is 10.2 Å². The fourth-order valence-corrected chi connectivity index (χ4v) is 4.33. The number of nitrogens with zero attached hydrogens (tertiary/aromatic N) is 2. The molecule has 0 spiro atoms. The Hall–Kier alpha value is -1.46. The highest BCUT2D eigenvalue weighted by Gasteiger charge is 2.22. The molecule has 1 aliphatic heterocycles. The summed E-state index contributed by atoms with van der Waals surface area (Å²) >= 11 is 1.75. The third kappa shape index (κ3) is 4.30. The first-order valence-electron chi connectivity index (χ1n) is 8.53. The van der Waals surface area contributed by atoms with Gasteiger partial charge in [-0.3, -0.25) is 4.79 Å². The highest BCUT2D eigenvalue weighted by atomic mass is 32.1. The lowest BCUT2D eigenvalue weighted by atomic mass is 9.97. The van der Waals surface area contributed by atoms with Crippen LogP contribution in [0.1, 0.15) is 30.7 Å². The zero-order chi connectivity index (χ0) is 16.1. The van der Waals surface area contributed by atoms with Crippen molar-refractivity contribution >= 4 is 27.5 Å². The van der Waals surface area contributed by atoms with E-state index in [2.05, 4.69) is 27.3 Å². The number of carbonyl (C=O) groups excluding carboxylic acids is 1. The Labute approximate surface area is 141 Å². The van der Waals surface area contributed by atoms with Crippen molar-refractivity contribution in [3.63, 3.8) is 0 Å². The molecule has 1 fully saturated rings. The maximum atomic E-state index is 12.4. The molecule has 1 unspecified atom stereocenters. The molecule has 124 valence electrons. The second-order valence-electron chi connectivity index (χ2n) is 6.33. The number of rotatable bonds is 6. The summed E-state index contributed by atoms with van der Waals surface area (Å²) in [5.74, 6) is 0.925. The second-order valence-corrected chi connectivity index (χ2v) is 7.45. The first-order valence-corrected chi connectivity index (χ1v) is 9.34. The van der Waals surface area contributed by atoms with Gasteiger partial charge in [0.05, 0.1) is 15.2 Å². The van der Waals surface area contributed by atoms with Gasteiger partial charge in [-0.15, -0.1) is 11.3 Å². The third-order valence-corrected chi connectivity index (χ3v) is 5.58. The molecule has 0 bridgehead atoms. The molecule has 1 aliphatic rings. The molecule has 1 aromatic carbocycles. The van der Waals surface area contributed by atoms with Crippen molar-refractivity contribution in [1.82, 2.24) is 15.2 Å². The highest BCUT2D eigenvalue weighted by molar-refractivity contribution is 7.18. The number of likely N-dealkylation sites (tertiary alicyclic amines) is 1. The monoisotopic (exact) mass is 331 g/mol. The highest BCUT2D eigenvalue weighted by Crippen LogP contribution is 2.23. The van der Waals surface area contributed by atoms with E-state index in [1.807, 2.05) is 19.2 Å². The molecule has 1 amide bonds. The lowest BCUT2D eigenvalue weighted by Crippen LogP contribution is -2.42. The van der Waals surface area contributed by atoms with Crippen molar-refractivity contribution in [3.8, 4) is 0 Å². The standard InChI is InChI=1S/C18H25N3OS/c1-19-12-14-6-5-11-21(13-14)18(22)10-4-9-17-20-15-7-2-3-8-16(15)23-17/h2-3,7-8,14,19H,4-6,9-13H2,1H3. The minimum absolute atomic E-state index is 0.312. The molecule has 0 aliphatic carbocycles. The van der Waals surface area contributed by atoms with Gasteiger partial charge in [0.1, 0.15) is 0 Å². The van der Waals surface area contributed by atoms with Crippen molar-refractivity contribution in [2.24, 2.45) is 5.92 Å². The quantitative estimate of drug-likeness (QED) is 0.885. The van der Waals surface area contributed by atoms with Crippen LogP contribution in [0.5, 0.6) is 0 Å². The number of aryl methyl sites for hydroxylation is 1. The van der Waals surface area contributed by atoms with Crippen LogP contribution >= 0.6 is 11.3 Å². The number of aromatic nitrogens is 1. The zero-order valence-electron chi connectivity index (χ0n) is 13.8. The van der Waals surface area contributed by atoms with Gasteiger partial charge >= 0.3 is 0 Å². The fourth-order valence-electron chi connectivity index (χ4n) is 3.32. The van der Waals surface area contributed by atoms with E-state index >= 15 is 0 Å². The Bertz CT molecular complexity index is 620. The van der Waals surface area contributed by atoms with Gasteiger partial charge in [0.2, 0.25) is 5.91 Å². The van der Waals surface area contributed by atoms with Crippen LogP contribution in [0.4, 0.5) is 0 Å². The average Bonchev–Trinajstić information content (AvgIpc) is 2.98. The van der Waals surface area contributed by atoms with Crippen LogP contribution in [-0.2, 0) is 11.2 Å². The number of benzene rings is 1. The van der Waals surface area contributed by atoms with Crippen LogP contribution < -0.4 is 5.32 Å². The molecule has 23 heavy (non-hydrogen) atoms. The lowest BCUT2D eigenvalue weighted by molar-refractivity contribution is -0.133. The molecule has 1 atom stereocenters. The molecule has 1 N–H and O–H groups in total. The van der Waals surface area contributed by atoms with Crippen LogP contribution in [-0.4, -0.2) is 42.5 Å². The molecule has 3 rings (SSSR count). The summed E-state index contributed by atoms with van der Waals surface area (Å²) in [6.45, 7) is 2.86. The number of fused-ring (bicyclic) bond motifs is 1. The molecule has 1 saturated heterocycles. The zero-order valence-corrected chi connectivity index (χ0v) is 14.6. The normalized spacial score (nSPS) is 18.5. The van der Waals surface area contributed by atoms with Gasteiger partial charge in [0.15, 0.2) is 0 Å². The minimum Gasteiger partial charge on any atom is -0.342 e. The largest absolute Gasteiger partial charge is 0.342 e. The summed E-state index contributed by atoms with van der Waals surface area (Å²) in [5.41, 5.74) is 1.07. The van der Waals surface area contributed by atoms with Crippen LogP contribution in [0.3, 0.4) is 0 Å². The van der Waals surface area contributed by atoms with Gasteiger partial charge in [-0.25, -0.2) is 4.98 Å². The topological polar surface area (TPSA) is 45.2 Å². The number of amides is 1. The Morgan fingerprint density at radius 2 is 2.30 bits per heavy atom. The smallest absolute Gasteiger partial charge is 0.222 e. The Balaban J connectivity index is 1.47. The predicted octanol–water partition coefficient (Wildman–Crippen LogP) is 3.08.